The van der Waals surface area contributed by atoms with Crippen molar-refractivity contribution in [2.45, 2.75) is 12.7 Å². The highest BCUT2D eigenvalue weighted by atomic mass is 16.2. The molecule has 0 saturated heterocycles. The Balaban J connectivity index is 1.73. The zero-order valence-corrected chi connectivity index (χ0v) is 13.4. The molecule has 1 aromatic carbocycles. The Bertz CT molecular complexity index is 777. The first kappa shape index (κ1) is 16.5. The molecule has 0 aliphatic carbocycles. The number of amides is 3. The Morgan fingerprint density at radius 1 is 1.20 bits per heavy atom. The summed E-state index contributed by atoms with van der Waals surface area (Å²) in [6, 6.07) is 14.6. The lowest BCUT2D eigenvalue weighted by molar-refractivity contribution is -0.115. The summed E-state index contributed by atoms with van der Waals surface area (Å²) < 4.78 is 0. The van der Waals surface area contributed by atoms with Crippen LogP contribution in [0.5, 0.6) is 0 Å². The van der Waals surface area contributed by atoms with E-state index < -0.39 is 12.1 Å². The van der Waals surface area contributed by atoms with E-state index in [1.807, 2.05) is 48.5 Å². The summed E-state index contributed by atoms with van der Waals surface area (Å²) in [5.74, 6) is -0.609. The number of nitrogens with zero attached hydrogens (tertiary/aromatic N) is 2. The Labute approximate surface area is 145 Å². The van der Waals surface area contributed by atoms with Crippen molar-refractivity contribution in [1.29, 1.82) is 0 Å². The number of hydrogen-bond donors (Lipinski definition) is 3. The molecule has 0 spiro atoms. The maximum Gasteiger partial charge on any atom is 0.323 e. The molecule has 4 N–H and O–H groups in total. The third-order valence-electron chi connectivity index (χ3n) is 3.66. The number of rotatable bonds is 5. The van der Waals surface area contributed by atoms with E-state index in [0.717, 1.165) is 17.0 Å². The highest BCUT2D eigenvalue weighted by Gasteiger charge is 2.30. The van der Waals surface area contributed by atoms with Crippen molar-refractivity contribution < 1.29 is 9.59 Å². The van der Waals surface area contributed by atoms with E-state index in [4.69, 9.17) is 5.73 Å². The zero-order chi connectivity index (χ0) is 17.6. The molecule has 127 valence electrons. The van der Waals surface area contributed by atoms with E-state index in [-0.39, 0.29) is 12.6 Å². The van der Waals surface area contributed by atoms with Crippen LogP contribution in [-0.2, 0) is 11.3 Å². The van der Waals surface area contributed by atoms with Crippen LogP contribution in [0.3, 0.4) is 0 Å². The second-order valence-electron chi connectivity index (χ2n) is 5.45. The number of aromatic nitrogens is 1. The molecule has 2 heterocycles. The van der Waals surface area contributed by atoms with E-state index in [2.05, 4.69) is 15.6 Å². The Kier molecular flexibility index (Phi) is 4.94. The van der Waals surface area contributed by atoms with Gasteiger partial charge in [0, 0.05) is 12.4 Å². The average molecular weight is 336 g/mol. The quantitative estimate of drug-likeness (QED) is 0.764. The summed E-state index contributed by atoms with van der Waals surface area (Å²) in [6.07, 6.45) is 3.94. The van der Waals surface area contributed by atoms with Crippen molar-refractivity contribution in [2.75, 3.05) is 0 Å². The van der Waals surface area contributed by atoms with Gasteiger partial charge in [-0.05, 0) is 17.7 Å². The Morgan fingerprint density at radius 2 is 1.96 bits per heavy atom. The third kappa shape index (κ3) is 4.14. The fourth-order valence-electron chi connectivity index (χ4n) is 2.48. The van der Waals surface area contributed by atoms with Crippen molar-refractivity contribution in [3.05, 3.63) is 78.6 Å². The number of nitrogens with one attached hydrogen (secondary N) is 2. The molecule has 1 aromatic heterocycles. The van der Waals surface area contributed by atoms with Gasteiger partial charge in [0.1, 0.15) is 6.17 Å². The molecule has 3 rings (SSSR count). The fourth-order valence-corrected chi connectivity index (χ4v) is 2.48. The molecule has 1 atom stereocenters. The van der Waals surface area contributed by atoms with Gasteiger partial charge in [-0.2, -0.15) is 0 Å². The number of pyridine rings is 1. The molecule has 7 nitrogen and oxygen atoms in total. The molecule has 2 aromatic rings. The first-order valence-corrected chi connectivity index (χ1v) is 7.77. The predicted octanol–water partition coefficient (Wildman–Crippen LogP) is 1.21. The van der Waals surface area contributed by atoms with Gasteiger partial charge in [0.2, 0.25) is 5.91 Å². The molecule has 0 fully saturated rings. The minimum absolute atomic E-state index is 0.286. The molecule has 7 heteroatoms. The number of carbonyl (C=O) groups excluding carboxylic acids is 2. The Hall–Kier alpha value is -3.35. The number of benzene rings is 1. The Morgan fingerprint density at radius 3 is 2.64 bits per heavy atom. The molecule has 25 heavy (non-hydrogen) atoms. The summed E-state index contributed by atoms with van der Waals surface area (Å²) in [7, 11) is 0. The lowest BCUT2D eigenvalue weighted by Gasteiger charge is -2.22. The molecule has 0 unspecified atom stereocenters. The minimum Gasteiger partial charge on any atom is -0.369 e. The summed E-state index contributed by atoms with van der Waals surface area (Å²) in [4.78, 5) is 29.4. The summed E-state index contributed by atoms with van der Waals surface area (Å²) in [5.41, 5.74) is 7.64. The van der Waals surface area contributed by atoms with Crippen LogP contribution in [0.25, 0.3) is 5.70 Å². The van der Waals surface area contributed by atoms with Gasteiger partial charge in [0.05, 0.1) is 24.4 Å². The van der Waals surface area contributed by atoms with Crippen molar-refractivity contribution in [3.63, 3.8) is 0 Å². The average Bonchev–Trinajstić information content (AvgIpc) is 3.04. The van der Waals surface area contributed by atoms with E-state index in [0.29, 0.717) is 0 Å². The van der Waals surface area contributed by atoms with Crippen LogP contribution in [0.15, 0.2) is 60.9 Å². The van der Waals surface area contributed by atoms with Gasteiger partial charge in [-0.3, -0.25) is 14.7 Å². The van der Waals surface area contributed by atoms with Crippen LogP contribution >= 0.6 is 0 Å². The van der Waals surface area contributed by atoms with Crippen LogP contribution in [0.4, 0.5) is 4.79 Å². The van der Waals surface area contributed by atoms with Gasteiger partial charge in [-0.25, -0.2) is 4.79 Å². The number of primary amides is 1. The van der Waals surface area contributed by atoms with Crippen molar-refractivity contribution >= 4 is 17.6 Å². The molecule has 1 radical (unpaired) electrons. The molecule has 0 bridgehead atoms. The van der Waals surface area contributed by atoms with Crippen LogP contribution in [0, 0.1) is 6.42 Å². The predicted molar refractivity (Wildman–Crippen MR) is 93.1 cm³/mol. The topological polar surface area (TPSA) is 100 Å². The van der Waals surface area contributed by atoms with Crippen LogP contribution in [-0.4, -0.2) is 28.0 Å². The summed E-state index contributed by atoms with van der Waals surface area (Å²) >= 11 is 0. The van der Waals surface area contributed by atoms with Gasteiger partial charge in [0.25, 0.3) is 0 Å². The molecule has 3 amide bonds. The first-order chi connectivity index (χ1) is 12.1. The second kappa shape index (κ2) is 7.48. The molecular weight excluding hydrogens is 318 g/mol. The fraction of sp³-hybridized carbons (Fsp3) is 0.111. The van der Waals surface area contributed by atoms with Gasteiger partial charge >= 0.3 is 6.03 Å². The van der Waals surface area contributed by atoms with E-state index in [1.54, 1.807) is 12.4 Å². The van der Waals surface area contributed by atoms with Gasteiger partial charge in [-0.15, -0.1) is 0 Å². The highest BCUT2D eigenvalue weighted by Crippen LogP contribution is 2.21. The highest BCUT2D eigenvalue weighted by molar-refractivity contribution is 5.87. The van der Waals surface area contributed by atoms with Crippen molar-refractivity contribution in [2.24, 2.45) is 5.73 Å². The number of nitrogens with two attached hydrogens (primary N) is 1. The van der Waals surface area contributed by atoms with E-state index in [9.17, 15) is 9.59 Å². The lowest BCUT2D eigenvalue weighted by Crippen LogP contribution is -2.46. The maximum absolute atomic E-state index is 12.5. The van der Waals surface area contributed by atoms with Gasteiger partial charge in [0.15, 0.2) is 0 Å². The van der Waals surface area contributed by atoms with Crippen molar-refractivity contribution in [1.82, 2.24) is 20.5 Å². The SMILES string of the molecule is NC(=O)[CH][C@H]1NC(c2ccccc2)=CN1C(=O)NCc1ccccn1. The van der Waals surface area contributed by atoms with Gasteiger partial charge in [-0.1, -0.05) is 36.4 Å². The normalized spacial score (nSPS) is 16.1. The zero-order valence-electron chi connectivity index (χ0n) is 13.4. The molecule has 1 aliphatic rings. The van der Waals surface area contributed by atoms with Crippen LogP contribution in [0.1, 0.15) is 11.3 Å². The second-order valence-corrected chi connectivity index (χ2v) is 5.45. The first-order valence-electron chi connectivity index (χ1n) is 7.77. The maximum atomic E-state index is 12.5. The molecule has 0 saturated carbocycles. The standard InChI is InChI=1S/C18H18N5O2/c19-16(24)10-17-22-15(13-6-2-1-3-7-13)12-23(17)18(25)21-11-14-8-4-5-9-20-14/h1-10,12,17,22H,11H2,(H2,19,24)(H,21,25)/t17-/m0/s1. The molecule has 1 aliphatic heterocycles. The lowest BCUT2D eigenvalue weighted by atomic mass is 10.2. The van der Waals surface area contributed by atoms with Crippen LogP contribution < -0.4 is 16.4 Å². The summed E-state index contributed by atoms with van der Waals surface area (Å²) in [5, 5.41) is 5.91. The third-order valence-corrected chi connectivity index (χ3v) is 3.66. The smallest absolute Gasteiger partial charge is 0.323 e. The number of carbonyl (C=O) groups is 2. The summed E-state index contributed by atoms with van der Waals surface area (Å²) in [6.45, 7) is 0.286. The monoisotopic (exact) mass is 336 g/mol. The number of urea groups is 1. The van der Waals surface area contributed by atoms with Gasteiger partial charge < -0.3 is 16.4 Å². The minimum atomic E-state index is -0.642. The largest absolute Gasteiger partial charge is 0.369 e. The number of hydrogen-bond acceptors (Lipinski definition) is 4. The van der Waals surface area contributed by atoms with E-state index in [1.165, 1.54) is 11.3 Å². The van der Waals surface area contributed by atoms with Crippen LogP contribution in [0.2, 0.25) is 0 Å². The molecular formula is C18H18N5O2. The van der Waals surface area contributed by atoms with Crippen molar-refractivity contribution in [3.8, 4) is 0 Å². The van der Waals surface area contributed by atoms with E-state index >= 15 is 0 Å².